The van der Waals surface area contributed by atoms with E-state index in [1.807, 2.05) is 25.1 Å². The van der Waals surface area contributed by atoms with Gasteiger partial charge in [-0.1, -0.05) is 42.3 Å². The fraction of sp³-hybridized carbons (Fsp3) is 0.167. The number of hydrogen-bond donors (Lipinski definition) is 2. The Bertz CT molecular complexity index is 594. The summed E-state index contributed by atoms with van der Waals surface area (Å²) < 4.78 is 6.23. The largest absolute Gasteiger partial charge is 0.354 e. The molecule has 0 aliphatic carbocycles. The SMILES string of the molecule is C=C(C)CNC(=O)N(S)c1noc2ccccc12. The number of nitrogens with one attached hydrogen (secondary N) is 1. The lowest BCUT2D eigenvalue weighted by Gasteiger charge is -2.13. The third-order valence-electron chi connectivity index (χ3n) is 2.29. The van der Waals surface area contributed by atoms with Gasteiger partial charge in [-0.2, -0.15) is 0 Å². The molecular formula is C12H13N3O2S. The van der Waals surface area contributed by atoms with E-state index in [2.05, 4.69) is 29.9 Å². The Morgan fingerprint density at radius 3 is 3.00 bits per heavy atom. The molecule has 2 amide bonds. The van der Waals surface area contributed by atoms with Gasteiger partial charge in [0.05, 0.1) is 5.39 Å². The highest BCUT2D eigenvalue weighted by atomic mass is 32.1. The highest BCUT2D eigenvalue weighted by Crippen LogP contribution is 2.26. The molecule has 18 heavy (non-hydrogen) atoms. The Morgan fingerprint density at radius 2 is 2.28 bits per heavy atom. The highest BCUT2D eigenvalue weighted by Gasteiger charge is 2.18. The molecule has 0 saturated heterocycles. The first-order valence-electron chi connectivity index (χ1n) is 5.35. The first-order valence-corrected chi connectivity index (χ1v) is 5.75. The predicted octanol–water partition coefficient (Wildman–Crippen LogP) is 2.76. The fourth-order valence-electron chi connectivity index (χ4n) is 1.42. The number of aromatic nitrogens is 1. The van der Waals surface area contributed by atoms with Crippen LogP contribution in [0.3, 0.4) is 0 Å². The average Bonchev–Trinajstić information content (AvgIpc) is 2.78. The van der Waals surface area contributed by atoms with Crippen LogP contribution in [0.15, 0.2) is 40.9 Å². The van der Waals surface area contributed by atoms with E-state index < -0.39 is 0 Å². The number of para-hydroxylation sites is 1. The molecule has 0 spiro atoms. The van der Waals surface area contributed by atoms with Crippen molar-refractivity contribution in [3.8, 4) is 0 Å². The number of fused-ring (bicyclic) bond motifs is 1. The molecular weight excluding hydrogens is 250 g/mol. The van der Waals surface area contributed by atoms with Crippen molar-refractivity contribution in [3.05, 3.63) is 36.4 Å². The van der Waals surface area contributed by atoms with Crippen LogP contribution in [0.5, 0.6) is 0 Å². The Labute approximate surface area is 110 Å². The van der Waals surface area contributed by atoms with Crippen molar-refractivity contribution in [1.29, 1.82) is 0 Å². The molecule has 5 nitrogen and oxygen atoms in total. The Morgan fingerprint density at radius 1 is 1.56 bits per heavy atom. The highest BCUT2D eigenvalue weighted by molar-refractivity contribution is 7.82. The summed E-state index contributed by atoms with van der Waals surface area (Å²) in [6.45, 7) is 5.93. The van der Waals surface area contributed by atoms with Gasteiger partial charge in [0.2, 0.25) is 0 Å². The van der Waals surface area contributed by atoms with Crippen molar-refractivity contribution >= 4 is 35.6 Å². The van der Waals surface area contributed by atoms with Crippen molar-refractivity contribution < 1.29 is 9.32 Å². The maximum Gasteiger partial charge on any atom is 0.333 e. The number of hydrogen-bond acceptors (Lipinski definition) is 4. The molecule has 0 aliphatic heterocycles. The number of nitrogens with zero attached hydrogens (tertiary/aromatic N) is 2. The van der Waals surface area contributed by atoms with Gasteiger partial charge in [-0.25, -0.2) is 9.10 Å². The van der Waals surface area contributed by atoms with Crippen molar-refractivity contribution in [3.63, 3.8) is 0 Å². The summed E-state index contributed by atoms with van der Waals surface area (Å²) in [7, 11) is 0. The third-order valence-corrected chi connectivity index (χ3v) is 2.66. The van der Waals surface area contributed by atoms with Crippen molar-refractivity contribution in [1.82, 2.24) is 10.5 Å². The van der Waals surface area contributed by atoms with Crippen molar-refractivity contribution in [2.24, 2.45) is 0 Å². The molecule has 2 rings (SSSR count). The Hall–Kier alpha value is -1.95. The molecule has 1 aromatic heterocycles. The quantitative estimate of drug-likeness (QED) is 0.661. The van der Waals surface area contributed by atoms with Crippen LogP contribution in [0.4, 0.5) is 10.6 Å². The molecule has 0 fully saturated rings. The smallest absolute Gasteiger partial charge is 0.333 e. The fourth-order valence-corrected chi connectivity index (χ4v) is 1.64. The molecule has 94 valence electrons. The number of carbonyl (C=O) groups is 1. The second-order valence-electron chi connectivity index (χ2n) is 3.93. The van der Waals surface area contributed by atoms with Gasteiger partial charge in [-0.15, -0.1) is 0 Å². The van der Waals surface area contributed by atoms with Crippen molar-refractivity contribution in [2.45, 2.75) is 6.92 Å². The van der Waals surface area contributed by atoms with Crippen molar-refractivity contribution in [2.75, 3.05) is 10.8 Å². The lowest BCUT2D eigenvalue weighted by atomic mass is 10.2. The number of thiol groups is 1. The van der Waals surface area contributed by atoms with Gasteiger partial charge in [-0.05, 0) is 19.1 Å². The molecule has 0 unspecified atom stereocenters. The van der Waals surface area contributed by atoms with E-state index in [1.165, 1.54) is 0 Å². The van der Waals surface area contributed by atoms with E-state index in [0.717, 1.165) is 15.3 Å². The van der Waals surface area contributed by atoms with Crippen LogP contribution < -0.4 is 9.62 Å². The van der Waals surface area contributed by atoms with Gasteiger partial charge in [0.15, 0.2) is 11.4 Å². The minimum atomic E-state index is -0.375. The summed E-state index contributed by atoms with van der Waals surface area (Å²) in [6, 6.07) is 6.90. The van der Waals surface area contributed by atoms with Gasteiger partial charge >= 0.3 is 6.03 Å². The standard InChI is InChI=1S/C12H13N3O2S/c1-8(2)7-13-12(16)15(18)11-9-5-3-4-6-10(9)17-14-11/h3-6,18H,1,7H2,2H3,(H,13,16). The summed E-state index contributed by atoms with van der Waals surface area (Å²) >= 11 is 4.13. The average molecular weight is 263 g/mol. The number of anilines is 1. The first kappa shape index (κ1) is 12.5. The molecule has 1 heterocycles. The number of amides is 2. The lowest BCUT2D eigenvalue weighted by Crippen LogP contribution is -2.35. The van der Waals surface area contributed by atoms with Gasteiger partial charge in [0.1, 0.15) is 0 Å². The summed E-state index contributed by atoms with van der Waals surface area (Å²) in [5.74, 6) is 0.369. The number of rotatable bonds is 3. The van der Waals surface area contributed by atoms with Gasteiger partial charge < -0.3 is 9.84 Å². The Balaban J connectivity index is 2.20. The van der Waals surface area contributed by atoms with Crippen LogP contribution in [-0.4, -0.2) is 17.7 Å². The topological polar surface area (TPSA) is 58.4 Å². The minimum absolute atomic E-state index is 0.369. The molecule has 0 saturated carbocycles. The number of benzene rings is 1. The molecule has 0 atom stereocenters. The minimum Gasteiger partial charge on any atom is -0.354 e. The van der Waals surface area contributed by atoms with E-state index in [4.69, 9.17) is 4.52 Å². The zero-order valence-corrected chi connectivity index (χ0v) is 10.8. The van der Waals surface area contributed by atoms with Crippen LogP contribution in [0.1, 0.15) is 6.92 Å². The van der Waals surface area contributed by atoms with E-state index >= 15 is 0 Å². The summed E-state index contributed by atoms with van der Waals surface area (Å²) in [4.78, 5) is 11.8. The maximum absolute atomic E-state index is 11.8. The monoisotopic (exact) mass is 263 g/mol. The van der Waals surface area contributed by atoms with E-state index in [-0.39, 0.29) is 6.03 Å². The maximum atomic E-state index is 11.8. The molecule has 6 heteroatoms. The van der Waals surface area contributed by atoms with Gasteiger partial charge in [0, 0.05) is 6.54 Å². The second-order valence-corrected chi connectivity index (χ2v) is 4.33. The zero-order valence-electron chi connectivity index (χ0n) is 9.88. The predicted molar refractivity (Wildman–Crippen MR) is 73.7 cm³/mol. The number of carbonyl (C=O) groups excluding carboxylic acids is 1. The molecule has 0 radical (unpaired) electrons. The van der Waals surface area contributed by atoms with E-state index in [1.54, 1.807) is 6.07 Å². The zero-order chi connectivity index (χ0) is 13.1. The van der Waals surface area contributed by atoms with E-state index in [9.17, 15) is 4.79 Å². The summed E-state index contributed by atoms with van der Waals surface area (Å²) in [6.07, 6.45) is 0. The molecule has 2 aromatic rings. The van der Waals surface area contributed by atoms with Crippen LogP contribution in [0, 0.1) is 0 Å². The second kappa shape index (κ2) is 5.14. The van der Waals surface area contributed by atoms with Crippen LogP contribution in [0.2, 0.25) is 0 Å². The lowest BCUT2D eigenvalue weighted by molar-refractivity contribution is 0.250. The Kier molecular flexibility index (Phi) is 3.57. The first-order chi connectivity index (χ1) is 8.59. The molecule has 0 aliphatic rings. The van der Waals surface area contributed by atoms with Crippen LogP contribution in [0.25, 0.3) is 11.0 Å². The molecule has 1 aromatic carbocycles. The van der Waals surface area contributed by atoms with Crippen LogP contribution in [-0.2, 0) is 0 Å². The van der Waals surface area contributed by atoms with E-state index in [0.29, 0.717) is 17.9 Å². The third kappa shape index (κ3) is 2.48. The normalized spacial score (nSPS) is 10.3. The summed E-state index contributed by atoms with van der Waals surface area (Å²) in [5, 5.41) is 7.23. The number of urea groups is 1. The summed E-state index contributed by atoms with van der Waals surface area (Å²) in [5.41, 5.74) is 1.47. The van der Waals surface area contributed by atoms with Gasteiger partial charge in [0.25, 0.3) is 0 Å². The van der Waals surface area contributed by atoms with Gasteiger partial charge in [-0.3, -0.25) is 0 Å². The van der Waals surface area contributed by atoms with Crippen LogP contribution >= 0.6 is 12.8 Å². The molecule has 1 N–H and O–H groups in total. The molecule has 0 bridgehead atoms.